The molecule has 2 N–H and O–H groups in total. The number of benzene rings is 1. The molecule has 0 bridgehead atoms. The summed E-state index contributed by atoms with van der Waals surface area (Å²) in [6.07, 6.45) is 4.39. The number of hydrogen-bond donors (Lipinski definition) is 1. The van der Waals surface area contributed by atoms with Crippen LogP contribution >= 0.6 is 24.0 Å². The summed E-state index contributed by atoms with van der Waals surface area (Å²) in [5.41, 5.74) is 5.82. The first kappa shape index (κ1) is 18.0. The predicted molar refractivity (Wildman–Crippen MR) is 86.5 cm³/mol. The summed E-state index contributed by atoms with van der Waals surface area (Å²) in [6, 6.07) is 3.99. The van der Waals surface area contributed by atoms with Crippen LogP contribution < -0.4 is 10.5 Å². The second-order valence-electron chi connectivity index (χ2n) is 5.55. The molecule has 0 radical (unpaired) electrons. The van der Waals surface area contributed by atoms with Crippen molar-refractivity contribution >= 4 is 24.0 Å². The first-order chi connectivity index (χ1) is 10.6. The lowest BCUT2D eigenvalue weighted by atomic mass is 9.99. The summed E-state index contributed by atoms with van der Waals surface area (Å²) < 4.78 is 23.6. The molecule has 2 aromatic rings. The molecule has 1 aromatic carbocycles. The number of rotatable bonds is 5. The number of ether oxygens (including phenoxy) is 1. The molecule has 0 amide bonds. The van der Waals surface area contributed by atoms with Crippen molar-refractivity contribution in [1.29, 1.82) is 0 Å². The minimum atomic E-state index is -0.455. The van der Waals surface area contributed by atoms with E-state index in [0.29, 0.717) is 30.5 Å². The Morgan fingerprint density at radius 1 is 1.35 bits per heavy atom. The van der Waals surface area contributed by atoms with Gasteiger partial charge in [-0.1, -0.05) is 29.6 Å². The monoisotopic (exact) mass is 361 g/mol. The van der Waals surface area contributed by atoms with Gasteiger partial charge in [0.2, 0.25) is 5.89 Å². The zero-order valence-electron chi connectivity index (χ0n) is 12.4. The number of aromatic nitrogens is 2. The molecular formula is C15H18Cl2FN3O2. The second-order valence-corrected chi connectivity index (χ2v) is 5.96. The highest BCUT2D eigenvalue weighted by Gasteiger charge is 2.35. The van der Waals surface area contributed by atoms with Gasteiger partial charge in [0.15, 0.2) is 5.82 Å². The van der Waals surface area contributed by atoms with Gasteiger partial charge in [0, 0.05) is 0 Å². The molecule has 1 aliphatic rings. The third-order valence-corrected chi connectivity index (χ3v) is 4.17. The summed E-state index contributed by atoms with van der Waals surface area (Å²) >= 11 is 5.89. The van der Waals surface area contributed by atoms with Gasteiger partial charge in [0.05, 0.1) is 23.6 Å². The minimum absolute atomic E-state index is 0. The number of nitrogens with zero attached hydrogens (tertiary/aromatic N) is 2. The van der Waals surface area contributed by atoms with Gasteiger partial charge in [-0.25, -0.2) is 4.39 Å². The van der Waals surface area contributed by atoms with E-state index in [1.54, 1.807) is 0 Å². The van der Waals surface area contributed by atoms with Crippen LogP contribution in [0.1, 0.15) is 37.4 Å². The molecule has 126 valence electrons. The Labute approximate surface area is 144 Å². The quantitative estimate of drug-likeness (QED) is 0.879. The summed E-state index contributed by atoms with van der Waals surface area (Å²) in [4.78, 5) is 4.36. The Morgan fingerprint density at radius 3 is 2.78 bits per heavy atom. The molecule has 23 heavy (non-hydrogen) atoms. The lowest BCUT2D eigenvalue weighted by molar-refractivity contribution is 0.289. The average molecular weight is 362 g/mol. The average Bonchev–Trinajstić information content (AvgIpc) is 3.11. The lowest BCUT2D eigenvalue weighted by Gasteiger charge is -2.17. The largest absolute Gasteiger partial charge is 0.491 e. The van der Waals surface area contributed by atoms with Crippen LogP contribution in [0.15, 0.2) is 22.7 Å². The van der Waals surface area contributed by atoms with Gasteiger partial charge in [-0.15, -0.1) is 12.4 Å². The summed E-state index contributed by atoms with van der Waals surface area (Å²) in [5, 5.41) is 4.22. The van der Waals surface area contributed by atoms with Crippen LogP contribution in [-0.2, 0) is 12.0 Å². The van der Waals surface area contributed by atoms with E-state index in [-0.39, 0.29) is 17.4 Å². The highest BCUT2D eigenvalue weighted by Crippen LogP contribution is 2.34. The molecule has 3 rings (SSSR count). The predicted octanol–water partition coefficient (Wildman–Crippen LogP) is 3.63. The highest BCUT2D eigenvalue weighted by atomic mass is 35.5. The molecule has 1 heterocycles. The van der Waals surface area contributed by atoms with Gasteiger partial charge in [-0.05, 0) is 31.0 Å². The normalized spacial score (nSPS) is 16.1. The van der Waals surface area contributed by atoms with Crippen molar-refractivity contribution in [1.82, 2.24) is 10.1 Å². The van der Waals surface area contributed by atoms with Crippen LogP contribution in [0.4, 0.5) is 4.39 Å². The lowest BCUT2D eigenvalue weighted by Crippen LogP contribution is -2.34. The molecule has 1 aliphatic carbocycles. The third kappa shape index (κ3) is 4.13. The van der Waals surface area contributed by atoms with Gasteiger partial charge >= 0.3 is 0 Å². The zero-order chi connectivity index (χ0) is 15.6. The summed E-state index contributed by atoms with van der Waals surface area (Å²) in [5.74, 6) is 1.07. The van der Waals surface area contributed by atoms with Gasteiger partial charge in [-0.3, -0.25) is 0 Å². The van der Waals surface area contributed by atoms with Gasteiger partial charge in [-0.2, -0.15) is 4.98 Å². The highest BCUT2D eigenvalue weighted by molar-refractivity contribution is 6.32. The molecule has 1 saturated carbocycles. The van der Waals surface area contributed by atoms with Crippen LogP contribution in [0.2, 0.25) is 5.02 Å². The fourth-order valence-corrected chi connectivity index (χ4v) is 2.85. The SMILES string of the molecule is Cl.NC1(c2noc(CCOc3ccc(F)cc3Cl)n2)CCCC1. The van der Waals surface area contributed by atoms with Crippen LogP contribution in [0.25, 0.3) is 0 Å². The van der Waals surface area contributed by atoms with Crippen molar-refractivity contribution in [2.45, 2.75) is 37.6 Å². The Morgan fingerprint density at radius 2 is 2.09 bits per heavy atom. The number of halogens is 3. The van der Waals surface area contributed by atoms with Crippen molar-refractivity contribution < 1.29 is 13.7 Å². The van der Waals surface area contributed by atoms with E-state index in [1.807, 2.05) is 0 Å². The molecule has 5 nitrogen and oxygen atoms in total. The molecule has 0 atom stereocenters. The standard InChI is InChI=1S/C15H17ClFN3O2.ClH/c16-11-9-10(17)3-4-12(11)21-8-5-13-19-14(20-22-13)15(18)6-1-2-7-15;/h3-4,9H,1-2,5-8,18H2;1H. The van der Waals surface area contributed by atoms with E-state index in [9.17, 15) is 4.39 Å². The maximum atomic E-state index is 12.9. The third-order valence-electron chi connectivity index (χ3n) is 3.88. The van der Waals surface area contributed by atoms with Crippen LogP contribution in [-0.4, -0.2) is 16.7 Å². The number of hydrogen-bond acceptors (Lipinski definition) is 5. The molecule has 0 saturated heterocycles. The minimum Gasteiger partial charge on any atom is -0.491 e. The Kier molecular flexibility index (Phi) is 5.84. The van der Waals surface area contributed by atoms with Crippen molar-refractivity contribution in [3.63, 3.8) is 0 Å². The molecule has 1 fully saturated rings. The maximum absolute atomic E-state index is 12.9. The Bertz CT molecular complexity index is 660. The summed E-state index contributed by atoms with van der Waals surface area (Å²) in [7, 11) is 0. The summed E-state index contributed by atoms with van der Waals surface area (Å²) in [6.45, 7) is 0.310. The molecule has 8 heteroatoms. The smallest absolute Gasteiger partial charge is 0.230 e. The first-order valence-corrected chi connectivity index (χ1v) is 7.64. The number of nitrogens with two attached hydrogens (primary N) is 1. The van der Waals surface area contributed by atoms with Crippen molar-refractivity contribution in [3.05, 3.63) is 40.8 Å². The Balaban J connectivity index is 0.00000192. The molecule has 0 unspecified atom stereocenters. The molecule has 0 aliphatic heterocycles. The van der Waals surface area contributed by atoms with Crippen LogP contribution in [0, 0.1) is 5.82 Å². The fraction of sp³-hybridized carbons (Fsp3) is 0.467. The van der Waals surface area contributed by atoms with Gasteiger partial charge in [0.1, 0.15) is 11.6 Å². The van der Waals surface area contributed by atoms with E-state index >= 15 is 0 Å². The molecular weight excluding hydrogens is 344 g/mol. The fourth-order valence-electron chi connectivity index (χ4n) is 2.63. The topological polar surface area (TPSA) is 74.2 Å². The second kappa shape index (κ2) is 7.47. The van der Waals surface area contributed by atoms with E-state index in [1.165, 1.54) is 18.2 Å². The van der Waals surface area contributed by atoms with Gasteiger partial charge in [0.25, 0.3) is 0 Å². The van der Waals surface area contributed by atoms with Crippen molar-refractivity contribution in [3.8, 4) is 5.75 Å². The van der Waals surface area contributed by atoms with Crippen molar-refractivity contribution in [2.75, 3.05) is 6.61 Å². The first-order valence-electron chi connectivity index (χ1n) is 7.27. The molecule has 1 aromatic heterocycles. The zero-order valence-corrected chi connectivity index (χ0v) is 14.0. The van der Waals surface area contributed by atoms with Gasteiger partial charge < -0.3 is 15.0 Å². The molecule has 0 spiro atoms. The van der Waals surface area contributed by atoms with Crippen LogP contribution in [0.3, 0.4) is 0 Å². The van der Waals surface area contributed by atoms with E-state index < -0.39 is 11.4 Å². The maximum Gasteiger partial charge on any atom is 0.230 e. The Hall–Kier alpha value is -1.37. The van der Waals surface area contributed by atoms with E-state index in [0.717, 1.165) is 25.7 Å². The van der Waals surface area contributed by atoms with Crippen LogP contribution in [0.5, 0.6) is 5.75 Å². The van der Waals surface area contributed by atoms with E-state index in [4.69, 9.17) is 26.6 Å². The van der Waals surface area contributed by atoms with Crippen molar-refractivity contribution in [2.24, 2.45) is 5.73 Å². The van der Waals surface area contributed by atoms with E-state index in [2.05, 4.69) is 10.1 Å².